The molecule has 25 heteroatoms. The van der Waals surface area contributed by atoms with Gasteiger partial charge in [-0.25, -0.2) is 8.98 Å². The second-order valence-corrected chi connectivity index (χ2v) is 12.9. The van der Waals surface area contributed by atoms with Crippen LogP contribution in [0.15, 0.2) is 0 Å². The largest absolute Gasteiger partial charge is 0.477 e. The first-order valence-electron chi connectivity index (χ1n) is 14.8. The third-order valence-electron chi connectivity index (χ3n) is 8.07. The van der Waals surface area contributed by atoms with E-state index in [0.29, 0.717) is 0 Å². The number of carboxylic acids is 1. The third-order valence-corrected chi connectivity index (χ3v) is 8.50. The van der Waals surface area contributed by atoms with E-state index in [4.69, 9.17) is 28.2 Å². The van der Waals surface area contributed by atoms with Crippen LogP contribution in [0.2, 0.25) is 0 Å². The lowest BCUT2D eigenvalue weighted by Crippen LogP contribution is -2.69. The van der Waals surface area contributed by atoms with E-state index < -0.39 is 152 Å². The second kappa shape index (κ2) is 17.0. The number of ether oxygens (including phenoxy) is 5. The van der Waals surface area contributed by atoms with Gasteiger partial charge in [-0.05, 0) is 0 Å². The number of hydrogen-bond donors (Lipinski definition) is 13. The van der Waals surface area contributed by atoms with Gasteiger partial charge in [0, 0.05) is 20.3 Å². The first-order valence-corrected chi connectivity index (χ1v) is 16.2. The number of carbonyl (C=O) groups excluding carboxylic acids is 2. The maximum atomic E-state index is 12.5. The molecule has 0 aliphatic carbocycles. The Morgan fingerprint density at radius 3 is 2.02 bits per heavy atom. The summed E-state index contributed by atoms with van der Waals surface area (Å²) in [5, 5.41) is 108. The minimum Gasteiger partial charge on any atom is -0.477 e. The van der Waals surface area contributed by atoms with Crippen LogP contribution in [0, 0.1) is 0 Å². The van der Waals surface area contributed by atoms with Crippen LogP contribution in [0.1, 0.15) is 20.3 Å². The van der Waals surface area contributed by atoms with Crippen molar-refractivity contribution in [1.29, 1.82) is 0 Å². The van der Waals surface area contributed by atoms with Gasteiger partial charge in [0.2, 0.25) is 11.8 Å². The molecule has 0 bridgehead atoms. The molecule has 0 aromatic heterocycles. The predicted octanol–water partition coefficient (Wildman–Crippen LogP) is -8.25. The summed E-state index contributed by atoms with van der Waals surface area (Å²) in [6.45, 7) is -1.20. The maximum absolute atomic E-state index is 12.5. The summed E-state index contributed by atoms with van der Waals surface area (Å²) in [7, 11) is -5.12. The Hall–Kier alpha value is -2.28. The highest BCUT2D eigenvalue weighted by molar-refractivity contribution is 7.80. The summed E-state index contributed by atoms with van der Waals surface area (Å²) in [5.74, 6) is -6.38. The summed E-state index contributed by atoms with van der Waals surface area (Å²) in [6.07, 6.45) is -26.8. The number of aliphatic carboxylic acids is 1. The summed E-state index contributed by atoms with van der Waals surface area (Å²) >= 11 is 0. The minimum atomic E-state index is -5.12. The highest BCUT2D eigenvalue weighted by atomic mass is 32.3. The number of carboxylic acid groups (broad SMARTS) is 1. The molecule has 0 spiro atoms. The van der Waals surface area contributed by atoms with Crippen molar-refractivity contribution in [1.82, 2.24) is 10.6 Å². The average molecular weight is 755 g/mol. The number of aliphatic hydroxyl groups is 9. The quantitative estimate of drug-likeness (QED) is 0.0732. The van der Waals surface area contributed by atoms with Crippen molar-refractivity contribution in [3.8, 4) is 0 Å². The zero-order valence-corrected chi connectivity index (χ0v) is 27.1. The van der Waals surface area contributed by atoms with Crippen molar-refractivity contribution in [3.05, 3.63) is 0 Å². The Balaban J connectivity index is 1.87. The van der Waals surface area contributed by atoms with Gasteiger partial charge < -0.3 is 85.4 Å². The highest BCUT2D eigenvalue weighted by Crippen LogP contribution is 2.35. The van der Waals surface area contributed by atoms with Crippen LogP contribution >= 0.6 is 0 Å². The molecule has 0 radical (unpaired) electrons. The molecule has 50 heavy (non-hydrogen) atoms. The fourth-order valence-electron chi connectivity index (χ4n) is 5.60. The van der Waals surface area contributed by atoms with Gasteiger partial charge in [0.15, 0.2) is 12.6 Å². The van der Waals surface area contributed by atoms with Crippen molar-refractivity contribution >= 4 is 28.2 Å². The fraction of sp³-hybridized carbons (Fsp3) is 0.880. The molecule has 3 aliphatic heterocycles. The smallest absolute Gasteiger partial charge is 0.397 e. The Morgan fingerprint density at radius 2 is 1.48 bits per heavy atom. The van der Waals surface area contributed by atoms with Gasteiger partial charge in [0.25, 0.3) is 5.79 Å². The lowest BCUT2D eigenvalue weighted by molar-refractivity contribution is -0.358. The Labute approximate surface area is 283 Å². The first-order chi connectivity index (χ1) is 23.1. The molecule has 1 unspecified atom stereocenters. The van der Waals surface area contributed by atoms with Crippen molar-refractivity contribution < 1.29 is 106 Å². The molecule has 13 N–H and O–H groups in total. The average Bonchev–Trinajstić information content (AvgIpc) is 3.02. The van der Waals surface area contributed by atoms with Crippen LogP contribution in [-0.2, 0) is 52.7 Å². The van der Waals surface area contributed by atoms with E-state index in [1.807, 2.05) is 0 Å². The number of aliphatic hydroxyl groups excluding tert-OH is 9. The number of nitrogens with one attached hydrogen (secondary N) is 2. The fourth-order valence-corrected chi connectivity index (χ4v) is 5.90. The molecular formula is C25H42N2O22S. The van der Waals surface area contributed by atoms with Crippen molar-refractivity contribution in [3.63, 3.8) is 0 Å². The van der Waals surface area contributed by atoms with Gasteiger partial charge in [-0.2, -0.15) is 8.42 Å². The molecule has 3 saturated heterocycles. The molecular weight excluding hydrogens is 712 g/mol. The molecule has 0 aromatic carbocycles. The van der Waals surface area contributed by atoms with E-state index in [-0.39, 0.29) is 0 Å². The van der Waals surface area contributed by atoms with Crippen molar-refractivity contribution in [2.75, 3.05) is 19.8 Å². The van der Waals surface area contributed by atoms with Gasteiger partial charge in [-0.15, -0.1) is 0 Å². The molecule has 16 atom stereocenters. The van der Waals surface area contributed by atoms with Crippen molar-refractivity contribution in [2.24, 2.45) is 0 Å². The minimum absolute atomic E-state index is 0.757. The summed E-state index contributed by atoms with van der Waals surface area (Å²) in [4.78, 5) is 35.9. The normalized spacial score (nSPS) is 40.8. The van der Waals surface area contributed by atoms with E-state index in [0.717, 1.165) is 13.8 Å². The van der Waals surface area contributed by atoms with Gasteiger partial charge in [0.05, 0.1) is 32.0 Å². The summed E-state index contributed by atoms with van der Waals surface area (Å²) in [5.41, 5.74) is 0. The van der Waals surface area contributed by atoms with Crippen LogP contribution in [-0.4, -0.2) is 199 Å². The van der Waals surface area contributed by atoms with Crippen molar-refractivity contribution in [2.45, 2.75) is 118 Å². The molecule has 3 heterocycles. The Bertz CT molecular complexity index is 1290. The van der Waals surface area contributed by atoms with Crippen LogP contribution in [0.4, 0.5) is 0 Å². The number of rotatable bonds is 14. The zero-order chi connectivity index (χ0) is 37.9. The van der Waals surface area contributed by atoms with Gasteiger partial charge in [-0.1, -0.05) is 0 Å². The van der Waals surface area contributed by atoms with Crippen LogP contribution in [0.25, 0.3) is 0 Å². The maximum Gasteiger partial charge on any atom is 0.397 e. The molecule has 3 rings (SSSR count). The zero-order valence-electron chi connectivity index (χ0n) is 26.3. The molecule has 290 valence electrons. The molecule has 2 amide bonds. The van der Waals surface area contributed by atoms with Crippen LogP contribution in [0.5, 0.6) is 0 Å². The van der Waals surface area contributed by atoms with E-state index in [1.54, 1.807) is 0 Å². The standard InChI is InChI=1S/C25H42N2O22S/c1-7(29)26-13-9(31)3-25(24(39)40,49-21(13)15(33)10(32)4-28)44-5-11-16(34)18(36)19(37)23(47-11)48-20-12(6-45-50(41,42)43)46-22(38)14(17(20)35)27-8(2)30/h9-23,28,31-38H,3-6H2,1-2H3,(H,26,29)(H,27,30)(H,39,40)(H,41,42,43)/t9-,10+,11+,12+,13+,14+,15+,16-,17+,18-,19+,20+,21+,22?,23-,25+/m0/s1. The monoisotopic (exact) mass is 754 g/mol. The Morgan fingerprint density at radius 1 is 0.880 bits per heavy atom. The van der Waals surface area contributed by atoms with Crippen LogP contribution < -0.4 is 10.6 Å². The molecule has 24 nitrogen and oxygen atoms in total. The summed E-state index contributed by atoms with van der Waals surface area (Å²) < 4.78 is 62.7. The van der Waals surface area contributed by atoms with E-state index in [1.165, 1.54) is 0 Å². The van der Waals surface area contributed by atoms with E-state index in [9.17, 15) is 73.9 Å². The van der Waals surface area contributed by atoms with E-state index >= 15 is 0 Å². The number of amides is 2. The lowest BCUT2D eigenvalue weighted by Gasteiger charge is -2.48. The number of hydrogen-bond acceptors (Lipinski definition) is 20. The molecule has 0 saturated carbocycles. The molecule has 3 aliphatic rings. The topological polar surface area (TPSA) is 387 Å². The SMILES string of the molecule is CC(=O)N[C@H]1[C@H]([C@H](O)[C@H](O)CO)O[C@@](OC[C@H]2O[C@@H](O[C@H]3[C@H](O)[C@@H](NC(C)=O)C(O)O[C@@H]3COS(=O)(=O)O)[C@H](O)[C@@H](O)[C@H]2O)(C(=O)O)C[C@@H]1O. The van der Waals surface area contributed by atoms with Gasteiger partial charge in [0.1, 0.15) is 67.1 Å². The third kappa shape index (κ3) is 9.98. The van der Waals surface area contributed by atoms with Crippen LogP contribution in [0.3, 0.4) is 0 Å². The van der Waals surface area contributed by atoms with Gasteiger partial charge in [-0.3, -0.25) is 14.1 Å². The molecule has 3 fully saturated rings. The second-order valence-electron chi connectivity index (χ2n) is 11.8. The predicted molar refractivity (Wildman–Crippen MR) is 152 cm³/mol. The summed E-state index contributed by atoms with van der Waals surface area (Å²) in [6, 6.07) is -3.18. The lowest BCUT2D eigenvalue weighted by atomic mass is 9.88. The first kappa shape index (κ1) is 42.1. The molecule has 0 aromatic rings. The highest BCUT2D eigenvalue weighted by Gasteiger charge is 2.57. The number of carbonyl (C=O) groups is 3. The van der Waals surface area contributed by atoms with Gasteiger partial charge >= 0.3 is 16.4 Å². The Kier molecular flexibility index (Phi) is 14.4. The van der Waals surface area contributed by atoms with E-state index in [2.05, 4.69) is 14.8 Å².